The van der Waals surface area contributed by atoms with E-state index in [2.05, 4.69) is 22.2 Å². The van der Waals surface area contributed by atoms with Gasteiger partial charge < -0.3 is 10.1 Å². The van der Waals surface area contributed by atoms with Crippen molar-refractivity contribution in [1.82, 2.24) is 15.3 Å². The first-order valence-corrected chi connectivity index (χ1v) is 6.48. The molecule has 1 aromatic rings. The number of aromatic nitrogens is 2. The van der Waals surface area contributed by atoms with E-state index in [9.17, 15) is 0 Å². The fraction of sp³-hybridized carbons (Fsp3) is 0.692. The molecule has 1 aromatic heterocycles. The molecule has 4 heteroatoms. The van der Waals surface area contributed by atoms with Crippen molar-refractivity contribution in [3.05, 3.63) is 18.1 Å². The molecular weight excluding hydrogens is 214 g/mol. The summed E-state index contributed by atoms with van der Waals surface area (Å²) in [6.07, 6.45) is 7.58. The van der Waals surface area contributed by atoms with Crippen LogP contribution >= 0.6 is 0 Å². The summed E-state index contributed by atoms with van der Waals surface area (Å²) >= 11 is 0. The number of hydrogen-bond acceptors (Lipinski definition) is 4. The Morgan fingerprint density at radius 2 is 2.18 bits per heavy atom. The second-order valence-corrected chi connectivity index (χ2v) is 4.54. The molecule has 0 aliphatic heterocycles. The zero-order valence-electron chi connectivity index (χ0n) is 10.6. The van der Waals surface area contributed by atoms with Crippen molar-refractivity contribution >= 4 is 0 Å². The third kappa shape index (κ3) is 3.16. The van der Waals surface area contributed by atoms with Gasteiger partial charge >= 0.3 is 0 Å². The topological polar surface area (TPSA) is 47.0 Å². The van der Waals surface area contributed by atoms with E-state index in [1.165, 1.54) is 19.3 Å². The Morgan fingerprint density at radius 3 is 2.94 bits per heavy atom. The first kappa shape index (κ1) is 12.3. The van der Waals surface area contributed by atoms with Gasteiger partial charge in [0.2, 0.25) is 5.88 Å². The van der Waals surface area contributed by atoms with Crippen molar-refractivity contribution in [3.63, 3.8) is 0 Å². The molecule has 1 fully saturated rings. The second kappa shape index (κ2) is 5.96. The van der Waals surface area contributed by atoms with E-state index >= 15 is 0 Å². The maximum atomic E-state index is 5.99. The highest BCUT2D eigenvalue weighted by molar-refractivity contribution is 5.14. The quantitative estimate of drug-likeness (QED) is 0.866. The van der Waals surface area contributed by atoms with Crippen molar-refractivity contribution < 1.29 is 4.74 Å². The van der Waals surface area contributed by atoms with Gasteiger partial charge in [-0.25, -0.2) is 9.97 Å². The van der Waals surface area contributed by atoms with Gasteiger partial charge in [-0.1, -0.05) is 13.3 Å². The largest absolute Gasteiger partial charge is 0.473 e. The third-order valence-electron chi connectivity index (χ3n) is 3.41. The molecular formula is C13H21N3O. The number of rotatable bonds is 4. The van der Waals surface area contributed by atoms with Gasteiger partial charge in [0.05, 0.1) is 0 Å². The van der Waals surface area contributed by atoms with Crippen LogP contribution in [0.15, 0.2) is 12.4 Å². The predicted octanol–water partition coefficient (Wildman–Crippen LogP) is 1.95. The van der Waals surface area contributed by atoms with Gasteiger partial charge in [0.1, 0.15) is 12.4 Å². The average molecular weight is 235 g/mol. The van der Waals surface area contributed by atoms with Crippen LogP contribution in [0.5, 0.6) is 5.88 Å². The number of aryl methyl sites for hydroxylation is 1. The standard InChI is InChI=1S/C13H21N3O/c1-3-10-8-13(16-9-15-10)17-12-7-5-4-6-11(12)14-2/h8-9,11-12,14H,3-7H2,1-2H3. The summed E-state index contributed by atoms with van der Waals surface area (Å²) in [6, 6.07) is 2.39. The summed E-state index contributed by atoms with van der Waals surface area (Å²) in [4.78, 5) is 8.37. The number of likely N-dealkylation sites (N-methyl/N-ethyl adjacent to an activating group) is 1. The molecule has 0 radical (unpaired) electrons. The van der Waals surface area contributed by atoms with Gasteiger partial charge in [0.25, 0.3) is 0 Å². The summed E-state index contributed by atoms with van der Waals surface area (Å²) in [6.45, 7) is 2.09. The molecule has 0 spiro atoms. The van der Waals surface area contributed by atoms with Gasteiger partial charge in [-0.15, -0.1) is 0 Å². The maximum absolute atomic E-state index is 5.99. The highest BCUT2D eigenvalue weighted by atomic mass is 16.5. The number of hydrogen-bond donors (Lipinski definition) is 1. The van der Waals surface area contributed by atoms with Gasteiger partial charge in [0.15, 0.2) is 0 Å². The van der Waals surface area contributed by atoms with Gasteiger partial charge in [0, 0.05) is 17.8 Å². The van der Waals surface area contributed by atoms with Crippen LogP contribution in [0.1, 0.15) is 38.3 Å². The number of nitrogens with zero attached hydrogens (tertiary/aromatic N) is 2. The number of ether oxygens (including phenoxy) is 1. The minimum absolute atomic E-state index is 0.244. The van der Waals surface area contributed by atoms with E-state index in [0.29, 0.717) is 11.9 Å². The molecule has 0 saturated heterocycles. The molecule has 94 valence electrons. The lowest BCUT2D eigenvalue weighted by molar-refractivity contribution is 0.112. The molecule has 1 aliphatic rings. The average Bonchev–Trinajstić information content (AvgIpc) is 2.39. The smallest absolute Gasteiger partial charge is 0.216 e. The Kier molecular flexibility index (Phi) is 4.31. The fourth-order valence-electron chi connectivity index (χ4n) is 2.36. The van der Waals surface area contributed by atoms with Crippen LogP contribution in [0.2, 0.25) is 0 Å². The third-order valence-corrected chi connectivity index (χ3v) is 3.41. The monoisotopic (exact) mass is 235 g/mol. The van der Waals surface area contributed by atoms with Gasteiger partial charge in [-0.2, -0.15) is 0 Å². The Hall–Kier alpha value is -1.16. The van der Waals surface area contributed by atoms with Crippen molar-refractivity contribution in [3.8, 4) is 5.88 Å². The number of nitrogens with one attached hydrogen (secondary N) is 1. The normalized spacial score (nSPS) is 24.6. The van der Waals surface area contributed by atoms with Crippen LogP contribution in [0.4, 0.5) is 0 Å². The van der Waals surface area contributed by atoms with E-state index in [1.807, 2.05) is 13.1 Å². The molecule has 1 saturated carbocycles. The molecule has 4 nitrogen and oxygen atoms in total. The van der Waals surface area contributed by atoms with Gasteiger partial charge in [-0.3, -0.25) is 0 Å². The first-order chi connectivity index (χ1) is 8.33. The molecule has 17 heavy (non-hydrogen) atoms. The summed E-state index contributed by atoms with van der Waals surface area (Å²) in [5.74, 6) is 0.712. The van der Waals surface area contributed by atoms with E-state index in [-0.39, 0.29) is 6.10 Å². The zero-order valence-corrected chi connectivity index (χ0v) is 10.6. The minimum Gasteiger partial charge on any atom is -0.473 e. The molecule has 2 atom stereocenters. The maximum Gasteiger partial charge on any atom is 0.216 e. The summed E-state index contributed by atoms with van der Waals surface area (Å²) in [5.41, 5.74) is 1.03. The highest BCUT2D eigenvalue weighted by Gasteiger charge is 2.25. The Balaban J connectivity index is 2.02. The first-order valence-electron chi connectivity index (χ1n) is 6.48. The van der Waals surface area contributed by atoms with Crippen LogP contribution in [0, 0.1) is 0 Å². The zero-order chi connectivity index (χ0) is 12.1. The van der Waals surface area contributed by atoms with Crippen LogP contribution < -0.4 is 10.1 Å². The van der Waals surface area contributed by atoms with Crippen LogP contribution in [0.25, 0.3) is 0 Å². The molecule has 2 rings (SSSR count). The molecule has 0 amide bonds. The van der Waals surface area contributed by atoms with Crippen LogP contribution in [-0.4, -0.2) is 29.2 Å². The Labute approximate surface area is 103 Å². The van der Waals surface area contributed by atoms with E-state index in [0.717, 1.165) is 18.5 Å². The molecule has 1 heterocycles. The van der Waals surface area contributed by atoms with Crippen LogP contribution in [0.3, 0.4) is 0 Å². The molecule has 1 aliphatic carbocycles. The fourth-order valence-corrected chi connectivity index (χ4v) is 2.36. The van der Waals surface area contributed by atoms with Gasteiger partial charge in [-0.05, 0) is 32.7 Å². The van der Waals surface area contributed by atoms with E-state index in [1.54, 1.807) is 6.33 Å². The van der Waals surface area contributed by atoms with Crippen LogP contribution in [-0.2, 0) is 6.42 Å². The molecule has 0 bridgehead atoms. The molecule has 1 N–H and O–H groups in total. The van der Waals surface area contributed by atoms with E-state index in [4.69, 9.17) is 4.74 Å². The van der Waals surface area contributed by atoms with Crippen molar-refractivity contribution in [2.24, 2.45) is 0 Å². The highest BCUT2D eigenvalue weighted by Crippen LogP contribution is 2.22. The van der Waals surface area contributed by atoms with Crippen molar-refractivity contribution in [2.75, 3.05) is 7.05 Å². The lowest BCUT2D eigenvalue weighted by Crippen LogP contribution is -2.43. The van der Waals surface area contributed by atoms with Crippen molar-refractivity contribution in [1.29, 1.82) is 0 Å². The summed E-state index contributed by atoms with van der Waals surface area (Å²) in [7, 11) is 2.00. The lowest BCUT2D eigenvalue weighted by atomic mass is 9.92. The Morgan fingerprint density at radius 1 is 1.35 bits per heavy atom. The SMILES string of the molecule is CCc1cc(OC2CCCCC2NC)ncn1. The summed E-state index contributed by atoms with van der Waals surface area (Å²) < 4.78 is 5.99. The summed E-state index contributed by atoms with van der Waals surface area (Å²) in [5, 5.41) is 3.33. The lowest BCUT2D eigenvalue weighted by Gasteiger charge is -2.31. The second-order valence-electron chi connectivity index (χ2n) is 4.54. The predicted molar refractivity (Wildman–Crippen MR) is 67.1 cm³/mol. The molecule has 0 aromatic carbocycles. The molecule has 2 unspecified atom stereocenters. The van der Waals surface area contributed by atoms with E-state index < -0.39 is 0 Å². The minimum atomic E-state index is 0.244. The Bertz CT molecular complexity index is 356. The van der Waals surface area contributed by atoms with Crippen molar-refractivity contribution in [2.45, 2.75) is 51.2 Å².